The molecule has 3 aromatic rings. The minimum atomic E-state index is 1.22. The van der Waals surface area contributed by atoms with Crippen molar-refractivity contribution in [2.24, 2.45) is 0 Å². The van der Waals surface area contributed by atoms with E-state index in [0.29, 0.717) is 0 Å². The molecule has 0 saturated heterocycles. The second kappa shape index (κ2) is 16.7. The third-order valence-corrected chi connectivity index (χ3v) is 7.68. The van der Waals surface area contributed by atoms with Gasteiger partial charge in [0.2, 0.25) is 0 Å². The summed E-state index contributed by atoms with van der Waals surface area (Å²) in [6.07, 6.45) is 27.1. The molecule has 0 amide bonds. The van der Waals surface area contributed by atoms with Crippen LogP contribution in [0.3, 0.4) is 0 Å². The first kappa shape index (κ1) is 26.8. The largest absolute Gasteiger partial charge is 0.0654 e. The summed E-state index contributed by atoms with van der Waals surface area (Å²) in [6, 6.07) is 20.3. The van der Waals surface area contributed by atoms with E-state index in [-0.39, 0.29) is 0 Å². The van der Waals surface area contributed by atoms with Crippen molar-refractivity contribution in [1.29, 1.82) is 0 Å². The summed E-state index contributed by atoms with van der Waals surface area (Å²) in [5, 5.41) is 5.60. The average Bonchev–Trinajstić information content (AvgIpc) is 2.88. The molecule has 0 N–H and O–H groups in total. The first-order valence-electron chi connectivity index (χ1n) is 14.8. The smallest absolute Gasteiger partial charge is 0.0103 e. The van der Waals surface area contributed by atoms with Crippen LogP contribution in [-0.4, -0.2) is 0 Å². The van der Waals surface area contributed by atoms with Crippen LogP contribution in [0.2, 0.25) is 0 Å². The third kappa shape index (κ3) is 9.44. The average molecular weight is 459 g/mol. The summed E-state index contributed by atoms with van der Waals surface area (Å²) in [5.41, 5.74) is 1.53. The zero-order valence-corrected chi connectivity index (χ0v) is 22.1. The van der Waals surface area contributed by atoms with E-state index in [9.17, 15) is 0 Å². The molecule has 0 saturated carbocycles. The summed E-state index contributed by atoms with van der Waals surface area (Å²) in [4.78, 5) is 0. The number of benzene rings is 3. The van der Waals surface area contributed by atoms with Crippen molar-refractivity contribution in [3.63, 3.8) is 0 Å². The van der Waals surface area contributed by atoms with Crippen LogP contribution in [0.1, 0.15) is 128 Å². The van der Waals surface area contributed by atoms with Gasteiger partial charge in [0, 0.05) is 0 Å². The number of unbranched alkanes of at least 4 members (excludes halogenated alkanes) is 17. The van der Waals surface area contributed by atoms with E-state index >= 15 is 0 Å². The van der Waals surface area contributed by atoms with E-state index in [1.54, 1.807) is 0 Å². The Morgan fingerprint density at radius 3 is 1.47 bits per heavy atom. The predicted octanol–water partition coefficient (Wildman–Crippen LogP) is 11.6. The molecule has 0 aliphatic carbocycles. The number of fused-ring (bicyclic) bond motifs is 3. The molecular weight excluding hydrogens is 408 g/mol. The molecule has 0 nitrogen and oxygen atoms in total. The van der Waals surface area contributed by atoms with Crippen LogP contribution >= 0.6 is 0 Å². The van der Waals surface area contributed by atoms with Gasteiger partial charge in [0.05, 0.1) is 0 Å². The predicted molar refractivity (Wildman–Crippen MR) is 154 cm³/mol. The molecule has 34 heavy (non-hydrogen) atoms. The number of aryl methyl sites for hydroxylation is 1. The minimum absolute atomic E-state index is 1.22. The van der Waals surface area contributed by atoms with Crippen molar-refractivity contribution in [2.75, 3.05) is 0 Å². The highest BCUT2D eigenvalue weighted by molar-refractivity contribution is 6.08. The van der Waals surface area contributed by atoms with Crippen LogP contribution in [0.5, 0.6) is 0 Å². The quantitative estimate of drug-likeness (QED) is 0.124. The van der Waals surface area contributed by atoms with Gasteiger partial charge in [-0.2, -0.15) is 0 Å². The van der Waals surface area contributed by atoms with Gasteiger partial charge in [-0.05, 0) is 39.9 Å². The Bertz CT molecular complexity index is 922. The van der Waals surface area contributed by atoms with Crippen LogP contribution in [-0.2, 0) is 6.42 Å². The highest BCUT2D eigenvalue weighted by Gasteiger charge is 2.04. The molecule has 0 aromatic heterocycles. The highest BCUT2D eigenvalue weighted by atomic mass is 14.1. The van der Waals surface area contributed by atoms with Crippen LogP contribution in [0, 0.1) is 0 Å². The first-order valence-corrected chi connectivity index (χ1v) is 14.8. The van der Waals surface area contributed by atoms with Gasteiger partial charge in [-0.3, -0.25) is 0 Å². The van der Waals surface area contributed by atoms with Crippen molar-refractivity contribution in [1.82, 2.24) is 0 Å². The second-order valence-electron chi connectivity index (χ2n) is 10.6. The molecule has 0 bridgehead atoms. The lowest BCUT2D eigenvalue weighted by Gasteiger charge is -2.09. The molecule has 3 aromatic carbocycles. The second-order valence-corrected chi connectivity index (χ2v) is 10.6. The van der Waals surface area contributed by atoms with E-state index in [1.807, 2.05) is 0 Å². The Labute approximate surface area is 210 Å². The van der Waals surface area contributed by atoms with Crippen molar-refractivity contribution in [3.8, 4) is 0 Å². The Morgan fingerprint density at radius 2 is 0.882 bits per heavy atom. The lowest BCUT2D eigenvalue weighted by Crippen LogP contribution is -1.89. The number of hydrogen-bond donors (Lipinski definition) is 0. The van der Waals surface area contributed by atoms with Gasteiger partial charge < -0.3 is 0 Å². The number of rotatable bonds is 19. The lowest BCUT2D eigenvalue weighted by molar-refractivity contribution is 0.525. The fourth-order valence-corrected chi connectivity index (χ4v) is 5.54. The molecule has 0 fully saturated rings. The van der Waals surface area contributed by atoms with Gasteiger partial charge in [0.15, 0.2) is 0 Å². The van der Waals surface area contributed by atoms with Crippen LogP contribution in [0.4, 0.5) is 0 Å². The van der Waals surface area contributed by atoms with E-state index in [0.717, 1.165) is 0 Å². The summed E-state index contributed by atoms with van der Waals surface area (Å²) in [6.45, 7) is 2.30. The molecule has 0 heterocycles. The van der Waals surface area contributed by atoms with Gasteiger partial charge >= 0.3 is 0 Å². The van der Waals surface area contributed by atoms with Crippen LogP contribution < -0.4 is 0 Å². The summed E-state index contributed by atoms with van der Waals surface area (Å²) < 4.78 is 0. The maximum atomic E-state index is 2.34. The van der Waals surface area contributed by atoms with E-state index in [1.165, 1.54) is 149 Å². The van der Waals surface area contributed by atoms with Crippen molar-refractivity contribution in [3.05, 3.63) is 60.2 Å². The molecule has 0 aliphatic rings. The maximum absolute atomic E-state index is 2.34. The molecule has 0 unspecified atom stereocenters. The Kier molecular flexibility index (Phi) is 13.2. The standard InChI is InChI=1S/C34H50/c1-2-3-4-5-6-7-8-9-10-11-12-13-14-15-16-17-18-19-23-30-25-22-27-34-32-26-21-20-24-31(32)28-29-33(30)34/h20-22,24-29H,2-19,23H2,1H3. The van der Waals surface area contributed by atoms with Gasteiger partial charge in [-0.1, -0.05) is 171 Å². The lowest BCUT2D eigenvalue weighted by atomic mass is 9.95. The van der Waals surface area contributed by atoms with Gasteiger partial charge in [0.25, 0.3) is 0 Å². The van der Waals surface area contributed by atoms with Crippen molar-refractivity contribution >= 4 is 21.5 Å². The van der Waals surface area contributed by atoms with Gasteiger partial charge in [-0.15, -0.1) is 0 Å². The fourth-order valence-electron chi connectivity index (χ4n) is 5.54. The van der Waals surface area contributed by atoms with Gasteiger partial charge in [-0.25, -0.2) is 0 Å². The third-order valence-electron chi connectivity index (χ3n) is 7.68. The monoisotopic (exact) mass is 458 g/mol. The maximum Gasteiger partial charge on any atom is -0.0103 e. The molecule has 186 valence electrons. The Morgan fingerprint density at radius 1 is 0.382 bits per heavy atom. The molecule has 0 spiro atoms. The molecule has 0 aliphatic heterocycles. The number of hydrogen-bond acceptors (Lipinski definition) is 0. The zero-order chi connectivity index (χ0) is 23.7. The molecular formula is C34H50. The van der Waals surface area contributed by atoms with E-state index < -0.39 is 0 Å². The Hall–Kier alpha value is -1.82. The molecule has 0 radical (unpaired) electrons. The van der Waals surface area contributed by atoms with Crippen molar-refractivity contribution in [2.45, 2.75) is 129 Å². The highest BCUT2D eigenvalue weighted by Crippen LogP contribution is 2.28. The van der Waals surface area contributed by atoms with Crippen molar-refractivity contribution < 1.29 is 0 Å². The normalized spacial score (nSPS) is 11.6. The van der Waals surface area contributed by atoms with Gasteiger partial charge in [0.1, 0.15) is 0 Å². The topological polar surface area (TPSA) is 0 Å². The first-order chi connectivity index (χ1) is 16.9. The fraction of sp³-hybridized carbons (Fsp3) is 0.588. The zero-order valence-electron chi connectivity index (χ0n) is 22.1. The Balaban J connectivity index is 1.17. The van der Waals surface area contributed by atoms with E-state index in [2.05, 4.69) is 61.5 Å². The van der Waals surface area contributed by atoms with Crippen LogP contribution in [0.25, 0.3) is 21.5 Å². The molecule has 0 heteroatoms. The molecule has 0 atom stereocenters. The summed E-state index contributed by atoms with van der Waals surface area (Å²) >= 11 is 0. The van der Waals surface area contributed by atoms with E-state index in [4.69, 9.17) is 0 Å². The summed E-state index contributed by atoms with van der Waals surface area (Å²) in [5.74, 6) is 0. The SMILES string of the molecule is CCCCCCCCCCCCCCCCCCCCc1cccc2c1ccc1ccccc12. The summed E-state index contributed by atoms with van der Waals surface area (Å²) in [7, 11) is 0. The minimum Gasteiger partial charge on any atom is -0.0654 e. The molecule has 3 rings (SSSR count). The van der Waals surface area contributed by atoms with Crippen LogP contribution in [0.15, 0.2) is 54.6 Å².